The minimum atomic E-state index is -1.06. The molecule has 0 radical (unpaired) electrons. The maximum atomic E-state index is 13.9. The molecule has 7 rings (SSSR count). The van der Waals surface area contributed by atoms with E-state index < -0.39 is 18.0 Å². The summed E-state index contributed by atoms with van der Waals surface area (Å²) in [6, 6.07) is 35.1. The van der Waals surface area contributed by atoms with E-state index in [1.807, 2.05) is 86.6 Å². The fraction of sp³-hybridized carbons (Fsp3) is 0.128. The Bertz CT molecular complexity index is 2140. The first-order chi connectivity index (χ1) is 22.9. The van der Waals surface area contributed by atoms with Gasteiger partial charge in [0.25, 0.3) is 11.5 Å². The zero-order chi connectivity index (χ0) is 32.5. The fourth-order valence-electron chi connectivity index (χ4n) is 6.42. The van der Waals surface area contributed by atoms with Crippen molar-refractivity contribution in [2.45, 2.75) is 25.8 Å². The maximum Gasteiger partial charge on any atom is 0.408 e. The van der Waals surface area contributed by atoms with Crippen LogP contribution < -0.4 is 16.2 Å². The number of amides is 2. The molecular formula is C39H32N4O4. The molecule has 1 atom stereocenters. The second-order valence-corrected chi connectivity index (χ2v) is 11.8. The molecule has 47 heavy (non-hydrogen) atoms. The van der Waals surface area contributed by atoms with E-state index in [4.69, 9.17) is 4.74 Å². The van der Waals surface area contributed by atoms with Gasteiger partial charge < -0.3 is 15.4 Å². The average Bonchev–Trinajstić information content (AvgIpc) is 3.40. The summed E-state index contributed by atoms with van der Waals surface area (Å²) in [5.41, 5.74) is 8.29. The number of carbonyl (C=O) groups is 2. The molecule has 2 N–H and O–H groups in total. The van der Waals surface area contributed by atoms with Crippen molar-refractivity contribution in [3.8, 4) is 16.8 Å². The monoisotopic (exact) mass is 620 g/mol. The highest BCUT2D eigenvalue weighted by Crippen LogP contribution is 2.44. The lowest BCUT2D eigenvalue weighted by Crippen LogP contribution is -2.38. The summed E-state index contributed by atoms with van der Waals surface area (Å²) in [7, 11) is 0. The standard InChI is InChI=1S/C39H32N4O4/c1-24-18-25(2)20-26(19-24)36(42-39(46)47-22-34-31-14-8-6-12-29(31)30-13-7-9-15-32(30)34)37(44)41-27-16-17-35-33(21-27)38(45)43(23-40-35)28-10-4-3-5-11-28/h3-21,23,34,36H,22H2,1-2H3,(H,41,44)(H,42,46). The number of fused-ring (bicyclic) bond motifs is 4. The molecule has 0 bridgehead atoms. The Hall–Kier alpha value is -6.02. The van der Waals surface area contributed by atoms with E-state index in [2.05, 4.69) is 39.9 Å². The third kappa shape index (κ3) is 5.89. The number of hydrogen-bond acceptors (Lipinski definition) is 5. The molecule has 1 aromatic heterocycles. The van der Waals surface area contributed by atoms with Gasteiger partial charge in [-0.25, -0.2) is 9.78 Å². The number of nitrogens with zero attached hydrogens (tertiary/aromatic N) is 2. The first kappa shape index (κ1) is 29.7. The fourth-order valence-corrected chi connectivity index (χ4v) is 6.42. The molecule has 1 aliphatic carbocycles. The number of ether oxygens (including phenoxy) is 1. The van der Waals surface area contributed by atoms with Crippen LogP contribution in [-0.4, -0.2) is 28.2 Å². The van der Waals surface area contributed by atoms with Crippen LogP contribution in [0.15, 0.2) is 126 Å². The number of benzene rings is 5. The van der Waals surface area contributed by atoms with Gasteiger partial charge in [-0.15, -0.1) is 0 Å². The summed E-state index contributed by atoms with van der Waals surface area (Å²) in [4.78, 5) is 45.1. The van der Waals surface area contributed by atoms with Gasteiger partial charge in [-0.05, 0) is 72.0 Å². The van der Waals surface area contributed by atoms with Crippen LogP contribution in [0.4, 0.5) is 10.5 Å². The molecular weight excluding hydrogens is 588 g/mol. The molecule has 232 valence electrons. The summed E-state index contributed by atoms with van der Waals surface area (Å²) in [5.74, 6) is -0.595. The Morgan fingerprint density at radius 1 is 0.809 bits per heavy atom. The summed E-state index contributed by atoms with van der Waals surface area (Å²) < 4.78 is 7.26. The predicted octanol–water partition coefficient (Wildman–Crippen LogP) is 7.22. The van der Waals surface area contributed by atoms with Gasteiger partial charge in [0.05, 0.1) is 16.6 Å². The van der Waals surface area contributed by atoms with Crippen LogP contribution in [0.5, 0.6) is 0 Å². The third-order valence-electron chi connectivity index (χ3n) is 8.51. The zero-order valence-electron chi connectivity index (χ0n) is 25.9. The molecule has 0 aliphatic heterocycles. The molecule has 1 unspecified atom stereocenters. The number of para-hydroxylation sites is 1. The van der Waals surface area contributed by atoms with Crippen molar-refractivity contribution < 1.29 is 14.3 Å². The number of anilines is 1. The molecule has 5 aromatic carbocycles. The van der Waals surface area contributed by atoms with E-state index >= 15 is 0 Å². The first-order valence-corrected chi connectivity index (χ1v) is 15.4. The lowest BCUT2D eigenvalue weighted by Gasteiger charge is -2.21. The van der Waals surface area contributed by atoms with Crippen LogP contribution in [0.1, 0.15) is 39.8 Å². The molecule has 6 aromatic rings. The molecule has 1 heterocycles. The van der Waals surface area contributed by atoms with Crippen LogP contribution >= 0.6 is 0 Å². The molecule has 8 nitrogen and oxygen atoms in total. The van der Waals surface area contributed by atoms with Crippen molar-refractivity contribution in [1.29, 1.82) is 0 Å². The highest BCUT2D eigenvalue weighted by atomic mass is 16.5. The minimum absolute atomic E-state index is 0.117. The van der Waals surface area contributed by atoms with Crippen molar-refractivity contribution in [3.05, 3.63) is 160 Å². The average molecular weight is 621 g/mol. The Balaban J connectivity index is 1.14. The number of alkyl carbamates (subject to hydrolysis) is 1. The first-order valence-electron chi connectivity index (χ1n) is 15.4. The second-order valence-electron chi connectivity index (χ2n) is 11.8. The molecule has 0 saturated heterocycles. The predicted molar refractivity (Wildman–Crippen MR) is 183 cm³/mol. The van der Waals surface area contributed by atoms with Crippen LogP contribution in [0.2, 0.25) is 0 Å². The van der Waals surface area contributed by atoms with E-state index in [9.17, 15) is 14.4 Å². The molecule has 0 fully saturated rings. The van der Waals surface area contributed by atoms with Crippen molar-refractivity contribution in [2.24, 2.45) is 0 Å². The summed E-state index contributed by atoms with van der Waals surface area (Å²) in [6.07, 6.45) is 0.784. The van der Waals surface area contributed by atoms with Crippen LogP contribution in [0.3, 0.4) is 0 Å². The summed E-state index contributed by atoms with van der Waals surface area (Å²) in [5, 5.41) is 6.06. The summed E-state index contributed by atoms with van der Waals surface area (Å²) >= 11 is 0. The van der Waals surface area contributed by atoms with Gasteiger partial charge in [0.15, 0.2) is 0 Å². The van der Waals surface area contributed by atoms with Crippen molar-refractivity contribution in [3.63, 3.8) is 0 Å². The van der Waals surface area contributed by atoms with E-state index in [1.54, 1.807) is 18.2 Å². The van der Waals surface area contributed by atoms with Crippen LogP contribution in [-0.2, 0) is 9.53 Å². The van der Waals surface area contributed by atoms with Crippen LogP contribution in [0, 0.1) is 13.8 Å². The van der Waals surface area contributed by atoms with Gasteiger partial charge in [0, 0.05) is 11.6 Å². The Kier molecular flexibility index (Phi) is 7.83. The van der Waals surface area contributed by atoms with Crippen molar-refractivity contribution in [2.75, 3.05) is 11.9 Å². The quantitative estimate of drug-likeness (QED) is 0.196. The normalized spacial score (nSPS) is 12.6. The van der Waals surface area contributed by atoms with Gasteiger partial charge in [-0.2, -0.15) is 0 Å². The smallest absolute Gasteiger partial charge is 0.408 e. The number of rotatable bonds is 7. The third-order valence-corrected chi connectivity index (χ3v) is 8.51. The molecule has 8 heteroatoms. The Morgan fingerprint density at radius 2 is 1.45 bits per heavy atom. The van der Waals surface area contributed by atoms with Gasteiger partial charge in [-0.1, -0.05) is 96.1 Å². The van der Waals surface area contributed by atoms with Gasteiger partial charge in [0.1, 0.15) is 19.0 Å². The van der Waals surface area contributed by atoms with Crippen molar-refractivity contribution >= 4 is 28.6 Å². The molecule has 0 spiro atoms. The number of nitrogens with one attached hydrogen (secondary N) is 2. The largest absolute Gasteiger partial charge is 0.449 e. The molecule has 0 saturated carbocycles. The molecule has 1 aliphatic rings. The highest BCUT2D eigenvalue weighted by molar-refractivity contribution is 5.98. The van der Waals surface area contributed by atoms with Gasteiger partial charge >= 0.3 is 6.09 Å². The Morgan fingerprint density at radius 3 is 2.13 bits per heavy atom. The lowest BCUT2D eigenvalue weighted by molar-refractivity contribution is -0.118. The zero-order valence-corrected chi connectivity index (χ0v) is 25.9. The Labute approximate surface area is 271 Å². The lowest BCUT2D eigenvalue weighted by atomic mass is 9.98. The SMILES string of the molecule is Cc1cc(C)cc(C(NC(=O)OCC2c3ccccc3-c3ccccc32)C(=O)Nc2ccc3ncn(-c4ccccc4)c(=O)c3c2)c1. The number of aryl methyl sites for hydroxylation is 2. The van der Waals surface area contributed by atoms with E-state index in [0.717, 1.165) is 33.4 Å². The van der Waals surface area contributed by atoms with E-state index in [-0.39, 0.29) is 18.1 Å². The number of hydrogen-bond donors (Lipinski definition) is 2. The van der Waals surface area contributed by atoms with E-state index in [1.165, 1.54) is 10.9 Å². The van der Waals surface area contributed by atoms with Crippen LogP contribution in [0.25, 0.3) is 27.7 Å². The molecule has 2 amide bonds. The van der Waals surface area contributed by atoms with Gasteiger partial charge in [-0.3, -0.25) is 14.2 Å². The number of carbonyl (C=O) groups excluding carboxylic acids is 2. The van der Waals surface area contributed by atoms with Gasteiger partial charge in [0.2, 0.25) is 0 Å². The van der Waals surface area contributed by atoms with E-state index in [0.29, 0.717) is 27.8 Å². The summed E-state index contributed by atoms with van der Waals surface area (Å²) in [6.45, 7) is 3.99. The topological polar surface area (TPSA) is 102 Å². The maximum absolute atomic E-state index is 13.9. The number of aromatic nitrogens is 2. The minimum Gasteiger partial charge on any atom is -0.449 e. The highest BCUT2D eigenvalue weighted by Gasteiger charge is 2.30. The second kappa shape index (κ2) is 12.4. The van der Waals surface area contributed by atoms with Crippen molar-refractivity contribution in [1.82, 2.24) is 14.9 Å².